The average molecular weight is 398 g/mol. The van der Waals surface area contributed by atoms with Crippen LogP contribution in [0.2, 0.25) is 0 Å². The van der Waals surface area contributed by atoms with Crippen molar-refractivity contribution in [1.82, 2.24) is 5.16 Å². The van der Waals surface area contributed by atoms with E-state index in [0.29, 0.717) is 23.6 Å². The van der Waals surface area contributed by atoms with Crippen LogP contribution in [0.25, 0.3) is 33.7 Å². The van der Waals surface area contributed by atoms with E-state index < -0.39 is 5.91 Å². The summed E-state index contributed by atoms with van der Waals surface area (Å²) in [7, 11) is 1.68. The van der Waals surface area contributed by atoms with Crippen LogP contribution in [-0.2, 0) is 11.3 Å². The topological polar surface area (TPSA) is 78.4 Å². The van der Waals surface area contributed by atoms with Crippen molar-refractivity contribution in [1.29, 1.82) is 0 Å². The number of amides is 1. The first-order valence-corrected chi connectivity index (χ1v) is 9.62. The first-order chi connectivity index (χ1) is 14.6. The van der Waals surface area contributed by atoms with Gasteiger partial charge in [0.25, 0.3) is 0 Å². The van der Waals surface area contributed by atoms with E-state index in [1.54, 1.807) is 25.3 Å². The molecule has 0 aliphatic heterocycles. The predicted octanol–water partition coefficient (Wildman–Crippen LogP) is 5.23. The van der Waals surface area contributed by atoms with E-state index in [9.17, 15) is 4.79 Å². The second-order valence-electron chi connectivity index (χ2n) is 7.08. The summed E-state index contributed by atoms with van der Waals surface area (Å²) in [6.07, 6.45) is 0. The maximum atomic E-state index is 11.5. The average Bonchev–Trinajstić information content (AvgIpc) is 3.26. The first-order valence-electron chi connectivity index (χ1n) is 9.62. The van der Waals surface area contributed by atoms with Crippen LogP contribution in [0.5, 0.6) is 0 Å². The summed E-state index contributed by atoms with van der Waals surface area (Å²) >= 11 is 0. The molecular weight excluding hydrogens is 376 g/mol. The van der Waals surface area contributed by atoms with Gasteiger partial charge in [-0.1, -0.05) is 59.8 Å². The minimum absolute atomic E-state index is 0.431. The Morgan fingerprint density at radius 2 is 1.70 bits per heavy atom. The van der Waals surface area contributed by atoms with Gasteiger partial charge in [-0.25, -0.2) is 0 Å². The van der Waals surface area contributed by atoms with Gasteiger partial charge in [0, 0.05) is 29.9 Å². The molecule has 150 valence electrons. The Kier molecular flexibility index (Phi) is 5.46. The molecule has 3 aromatic carbocycles. The van der Waals surface area contributed by atoms with Gasteiger partial charge in [-0.2, -0.15) is 0 Å². The molecular formula is C25H22N2O3. The second kappa shape index (κ2) is 8.35. The highest BCUT2D eigenvalue weighted by Gasteiger charge is 2.17. The number of ether oxygens (including phenoxy) is 1. The summed E-state index contributed by atoms with van der Waals surface area (Å²) in [4.78, 5) is 11.5. The fraction of sp³-hybridized carbons (Fsp3) is 0.120. The Morgan fingerprint density at radius 3 is 2.43 bits per heavy atom. The molecule has 0 fully saturated rings. The van der Waals surface area contributed by atoms with Crippen molar-refractivity contribution < 1.29 is 14.1 Å². The molecule has 5 nitrogen and oxygen atoms in total. The van der Waals surface area contributed by atoms with Gasteiger partial charge < -0.3 is 15.0 Å². The zero-order chi connectivity index (χ0) is 21.1. The number of rotatable bonds is 6. The number of benzene rings is 3. The Bertz CT molecular complexity index is 1200. The largest absolute Gasteiger partial charge is 0.380 e. The lowest BCUT2D eigenvalue weighted by atomic mass is 9.92. The molecule has 0 atom stereocenters. The summed E-state index contributed by atoms with van der Waals surface area (Å²) < 4.78 is 11.2. The van der Waals surface area contributed by atoms with Crippen LogP contribution in [0.1, 0.15) is 21.5 Å². The van der Waals surface area contributed by atoms with Gasteiger partial charge in [0.2, 0.25) is 5.91 Å². The number of carbonyl (C=O) groups excluding carboxylic acids is 1. The molecule has 0 spiro atoms. The number of methoxy groups -OCH3 is 1. The van der Waals surface area contributed by atoms with Crippen LogP contribution in [0, 0.1) is 6.92 Å². The first kappa shape index (κ1) is 19.6. The van der Waals surface area contributed by atoms with Crippen molar-refractivity contribution >= 4 is 5.91 Å². The highest BCUT2D eigenvalue weighted by Crippen LogP contribution is 2.35. The minimum atomic E-state index is -0.477. The zero-order valence-electron chi connectivity index (χ0n) is 16.9. The zero-order valence-corrected chi connectivity index (χ0v) is 16.9. The molecule has 0 unspecified atom stereocenters. The van der Waals surface area contributed by atoms with Crippen LogP contribution < -0.4 is 5.73 Å². The molecule has 4 rings (SSSR count). The summed E-state index contributed by atoms with van der Waals surface area (Å²) in [5.74, 6) is 0.166. The van der Waals surface area contributed by atoms with Crippen LogP contribution in [0.15, 0.2) is 77.3 Å². The molecule has 1 heterocycles. The third kappa shape index (κ3) is 3.75. The van der Waals surface area contributed by atoms with Crippen molar-refractivity contribution in [2.24, 2.45) is 5.73 Å². The van der Waals surface area contributed by atoms with E-state index in [1.165, 1.54) is 0 Å². The number of hydrogen-bond donors (Lipinski definition) is 1. The lowest BCUT2D eigenvalue weighted by molar-refractivity contribution is 0.100. The normalized spacial score (nSPS) is 10.9. The van der Waals surface area contributed by atoms with E-state index in [2.05, 4.69) is 30.3 Å². The van der Waals surface area contributed by atoms with Crippen LogP contribution in [-0.4, -0.2) is 18.2 Å². The molecule has 5 heteroatoms. The van der Waals surface area contributed by atoms with Crippen molar-refractivity contribution in [2.75, 3.05) is 7.11 Å². The Balaban J connectivity index is 1.77. The Labute approximate surface area is 175 Å². The number of nitrogens with zero attached hydrogens (tertiary/aromatic N) is 1. The number of carbonyl (C=O) groups is 1. The smallest absolute Gasteiger partial charge is 0.248 e. The van der Waals surface area contributed by atoms with Crippen molar-refractivity contribution in [2.45, 2.75) is 13.5 Å². The highest BCUT2D eigenvalue weighted by molar-refractivity contribution is 5.94. The van der Waals surface area contributed by atoms with Gasteiger partial charge in [-0.3, -0.25) is 4.79 Å². The third-order valence-electron chi connectivity index (χ3n) is 5.19. The molecule has 1 aromatic heterocycles. The van der Waals surface area contributed by atoms with Gasteiger partial charge in [0.1, 0.15) is 5.69 Å². The number of aromatic nitrogens is 1. The maximum absolute atomic E-state index is 11.5. The summed E-state index contributed by atoms with van der Waals surface area (Å²) in [6, 6.07) is 23.3. The van der Waals surface area contributed by atoms with Gasteiger partial charge in [-0.15, -0.1) is 0 Å². The molecule has 0 saturated heterocycles. The third-order valence-corrected chi connectivity index (χ3v) is 5.19. The van der Waals surface area contributed by atoms with Crippen molar-refractivity contribution in [3.05, 3.63) is 89.5 Å². The lowest BCUT2D eigenvalue weighted by Gasteiger charge is -2.15. The van der Waals surface area contributed by atoms with E-state index in [4.69, 9.17) is 15.0 Å². The van der Waals surface area contributed by atoms with Gasteiger partial charge in [0.05, 0.1) is 6.61 Å². The SMILES string of the molecule is COCc1c(-c2cc(-c3cccc(C(N)=O)c3)no2)ccc(-c2ccccc2)c1C. The molecule has 1 amide bonds. The van der Waals surface area contributed by atoms with E-state index in [0.717, 1.165) is 33.4 Å². The summed E-state index contributed by atoms with van der Waals surface area (Å²) in [6.45, 7) is 2.54. The lowest BCUT2D eigenvalue weighted by Crippen LogP contribution is -2.10. The van der Waals surface area contributed by atoms with Gasteiger partial charge in [-0.05, 0) is 41.3 Å². The van der Waals surface area contributed by atoms with Crippen LogP contribution in [0.4, 0.5) is 0 Å². The van der Waals surface area contributed by atoms with Crippen LogP contribution >= 0.6 is 0 Å². The summed E-state index contributed by atoms with van der Waals surface area (Å²) in [5, 5.41) is 4.21. The minimum Gasteiger partial charge on any atom is -0.380 e. The number of primary amides is 1. The number of hydrogen-bond acceptors (Lipinski definition) is 4. The fourth-order valence-electron chi connectivity index (χ4n) is 3.62. The Morgan fingerprint density at radius 1 is 0.967 bits per heavy atom. The van der Waals surface area contributed by atoms with E-state index >= 15 is 0 Å². The molecule has 2 N–H and O–H groups in total. The quantitative estimate of drug-likeness (QED) is 0.482. The van der Waals surface area contributed by atoms with Crippen molar-refractivity contribution in [3.8, 4) is 33.7 Å². The van der Waals surface area contributed by atoms with Gasteiger partial charge in [0.15, 0.2) is 5.76 Å². The van der Waals surface area contributed by atoms with Crippen molar-refractivity contribution in [3.63, 3.8) is 0 Å². The highest BCUT2D eigenvalue weighted by atomic mass is 16.5. The maximum Gasteiger partial charge on any atom is 0.248 e. The fourth-order valence-corrected chi connectivity index (χ4v) is 3.62. The molecule has 30 heavy (non-hydrogen) atoms. The van der Waals surface area contributed by atoms with Gasteiger partial charge >= 0.3 is 0 Å². The van der Waals surface area contributed by atoms with E-state index in [1.807, 2.05) is 36.4 Å². The molecule has 0 bridgehead atoms. The molecule has 4 aromatic rings. The van der Waals surface area contributed by atoms with E-state index in [-0.39, 0.29) is 0 Å². The van der Waals surface area contributed by atoms with Crippen LogP contribution in [0.3, 0.4) is 0 Å². The summed E-state index contributed by atoms with van der Waals surface area (Å²) in [5.41, 5.74) is 12.7. The number of nitrogens with two attached hydrogens (primary N) is 1. The molecule has 0 aliphatic carbocycles. The Hall–Kier alpha value is -3.70. The molecule has 0 radical (unpaired) electrons. The predicted molar refractivity (Wildman–Crippen MR) is 117 cm³/mol. The monoisotopic (exact) mass is 398 g/mol. The molecule has 0 aliphatic rings. The standard InChI is InChI=1S/C25H22N2O3/c1-16-20(17-7-4-3-5-8-17)11-12-21(22(16)15-29-2)24-14-23(27-30-24)18-9-6-10-19(13-18)25(26)28/h3-14H,15H2,1-2H3,(H2,26,28). The second-order valence-corrected chi connectivity index (χ2v) is 7.08. The molecule has 0 saturated carbocycles.